The minimum absolute atomic E-state index is 0.201. The lowest BCUT2D eigenvalue weighted by molar-refractivity contribution is -0.159. The molecule has 1 aromatic carbocycles. The van der Waals surface area contributed by atoms with E-state index in [-0.39, 0.29) is 12.1 Å². The number of nitrogens with one attached hydrogen (secondary N) is 1. The molecule has 0 saturated carbocycles. The Morgan fingerprint density at radius 1 is 1.22 bits per heavy atom. The number of hydrogen-bond donors (Lipinski definition) is 3. The van der Waals surface area contributed by atoms with E-state index >= 15 is 0 Å². The molecule has 3 N–H and O–H groups in total. The summed E-state index contributed by atoms with van der Waals surface area (Å²) in [5, 5.41) is 18.0. The average molecular weight is 324 g/mol. The third-order valence-corrected chi connectivity index (χ3v) is 3.12. The van der Waals surface area contributed by atoms with Crippen molar-refractivity contribution in [1.29, 1.82) is 0 Å². The largest absolute Gasteiger partial charge is 0.473 e. The van der Waals surface area contributed by atoms with Crippen molar-refractivity contribution in [3.63, 3.8) is 0 Å². The molecule has 1 saturated heterocycles. The van der Waals surface area contributed by atoms with Gasteiger partial charge in [0, 0.05) is 25.7 Å². The van der Waals surface area contributed by atoms with E-state index < -0.39 is 11.9 Å². The molecule has 1 aromatic rings. The van der Waals surface area contributed by atoms with Gasteiger partial charge in [0.15, 0.2) is 0 Å². The van der Waals surface area contributed by atoms with Crippen LogP contribution in [0.3, 0.4) is 0 Å². The van der Waals surface area contributed by atoms with Crippen molar-refractivity contribution in [3.8, 4) is 0 Å². The summed E-state index contributed by atoms with van der Waals surface area (Å²) in [5.41, 5.74) is 1.02. The Morgan fingerprint density at radius 3 is 2.35 bits per heavy atom. The van der Waals surface area contributed by atoms with Crippen LogP contribution in [-0.2, 0) is 20.9 Å². The van der Waals surface area contributed by atoms with Gasteiger partial charge in [-0.1, -0.05) is 30.3 Å². The fourth-order valence-corrected chi connectivity index (χ4v) is 1.91. The number of piperazine rings is 1. The molecule has 1 aliphatic rings. The van der Waals surface area contributed by atoms with Crippen LogP contribution in [0.2, 0.25) is 0 Å². The van der Waals surface area contributed by atoms with Crippen molar-refractivity contribution in [2.45, 2.75) is 19.6 Å². The Balaban J connectivity index is 0.000000379. The van der Waals surface area contributed by atoms with Crippen molar-refractivity contribution in [2.24, 2.45) is 0 Å². The molecule has 0 aliphatic carbocycles. The van der Waals surface area contributed by atoms with E-state index in [1.54, 1.807) is 4.90 Å². The lowest BCUT2D eigenvalue weighted by Crippen LogP contribution is -2.52. The molecule has 23 heavy (non-hydrogen) atoms. The first-order chi connectivity index (χ1) is 10.9. The first-order valence-corrected chi connectivity index (χ1v) is 7.06. The van der Waals surface area contributed by atoms with E-state index in [1.165, 1.54) is 0 Å². The highest BCUT2D eigenvalue weighted by molar-refractivity contribution is 6.27. The monoisotopic (exact) mass is 324 g/mol. The summed E-state index contributed by atoms with van der Waals surface area (Å²) < 4.78 is 5.30. The normalized spacial score (nSPS) is 16.7. The molecule has 1 aliphatic heterocycles. The van der Waals surface area contributed by atoms with Gasteiger partial charge in [0.05, 0.1) is 0 Å². The standard InChI is InChI=1S/C13H18N2O2.C2H2O4/c1-11-9-14-7-8-15(11)13(16)17-10-12-5-3-2-4-6-12;3-1(4)2(5)6/h2-6,11,14H,7-10H2,1H3;(H,3,4)(H,5,6)/t11-;/m1./s1. The number of amides is 1. The summed E-state index contributed by atoms with van der Waals surface area (Å²) in [6.07, 6.45) is -0.220. The highest BCUT2D eigenvalue weighted by atomic mass is 16.6. The summed E-state index contributed by atoms with van der Waals surface area (Å²) in [7, 11) is 0. The topological polar surface area (TPSA) is 116 Å². The third kappa shape index (κ3) is 6.79. The van der Waals surface area contributed by atoms with Gasteiger partial charge in [-0.05, 0) is 12.5 Å². The van der Waals surface area contributed by atoms with Crippen LogP contribution in [-0.4, -0.2) is 58.8 Å². The first kappa shape index (κ1) is 18.4. The Labute approximate surface area is 133 Å². The fraction of sp³-hybridized carbons (Fsp3) is 0.400. The maximum absolute atomic E-state index is 11.9. The number of carboxylic acid groups (broad SMARTS) is 2. The smallest absolute Gasteiger partial charge is 0.414 e. The van der Waals surface area contributed by atoms with Crippen LogP contribution >= 0.6 is 0 Å². The van der Waals surface area contributed by atoms with Gasteiger partial charge >= 0.3 is 18.0 Å². The van der Waals surface area contributed by atoms with Gasteiger partial charge in [-0.2, -0.15) is 0 Å². The van der Waals surface area contributed by atoms with Crippen molar-refractivity contribution < 1.29 is 29.3 Å². The molecule has 0 radical (unpaired) electrons. The molecule has 0 spiro atoms. The van der Waals surface area contributed by atoms with Crippen LogP contribution in [0.1, 0.15) is 12.5 Å². The van der Waals surface area contributed by atoms with Crippen LogP contribution in [0.4, 0.5) is 4.79 Å². The molecule has 8 nitrogen and oxygen atoms in total. The zero-order chi connectivity index (χ0) is 17.2. The summed E-state index contributed by atoms with van der Waals surface area (Å²) in [5.74, 6) is -3.65. The van der Waals surface area contributed by atoms with E-state index in [0.29, 0.717) is 6.61 Å². The number of rotatable bonds is 2. The minimum Gasteiger partial charge on any atom is -0.473 e. The zero-order valence-electron chi connectivity index (χ0n) is 12.8. The molecule has 0 unspecified atom stereocenters. The first-order valence-electron chi connectivity index (χ1n) is 7.06. The zero-order valence-corrected chi connectivity index (χ0v) is 12.8. The number of nitrogens with zero attached hydrogens (tertiary/aromatic N) is 1. The van der Waals surface area contributed by atoms with Gasteiger partial charge in [-0.3, -0.25) is 0 Å². The number of carboxylic acids is 2. The third-order valence-electron chi connectivity index (χ3n) is 3.12. The molecule has 1 heterocycles. The highest BCUT2D eigenvalue weighted by Crippen LogP contribution is 2.07. The number of carbonyl (C=O) groups excluding carboxylic acids is 1. The lowest BCUT2D eigenvalue weighted by Gasteiger charge is -2.32. The molecular formula is C15H20N2O6. The van der Waals surface area contributed by atoms with Crippen LogP contribution in [0.15, 0.2) is 30.3 Å². The second kappa shape index (κ2) is 9.42. The van der Waals surface area contributed by atoms with Gasteiger partial charge in [0.1, 0.15) is 6.61 Å². The van der Waals surface area contributed by atoms with Gasteiger partial charge < -0.3 is 25.2 Å². The van der Waals surface area contributed by atoms with E-state index in [1.807, 2.05) is 37.3 Å². The quantitative estimate of drug-likeness (QED) is 0.688. The van der Waals surface area contributed by atoms with Crippen molar-refractivity contribution in [1.82, 2.24) is 10.2 Å². The molecule has 8 heteroatoms. The molecule has 1 amide bonds. The van der Waals surface area contributed by atoms with E-state index in [2.05, 4.69) is 5.32 Å². The Kier molecular flexibility index (Phi) is 7.55. The Morgan fingerprint density at radius 2 is 1.83 bits per heavy atom. The van der Waals surface area contributed by atoms with Crippen LogP contribution < -0.4 is 5.32 Å². The predicted molar refractivity (Wildman–Crippen MR) is 80.9 cm³/mol. The molecule has 0 aromatic heterocycles. The molecule has 1 atom stereocenters. The van der Waals surface area contributed by atoms with Crippen LogP contribution in [0.25, 0.3) is 0 Å². The van der Waals surface area contributed by atoms with E-state index in [0.717, 1.165) is 25.2 Å². The number of ether oxygens (including phenoxy) is 1. The van der Waals surface area contributed by atoms with Gasteiger partial charge in [0.25, 0.3) is 0 Å². The van der Waals surface area contributed by atoms with Crippen molar-refractivity contribution in [3.05, 3.63) is 35.9 Å². The van der Waals surface area contributed by atoms with Crippen LogP contribution in [0.5, 0.6) is 0 Å². The Bertz CT molecular complexity index is 522. The average Bonchev–Trinajstić information content (AvgIpc) is 2.54. The second-order valence-electron chi connectivity index (χ2n) is 4.90. The van der Waals surface area contributed by atoms with Crippen molar-refractivity contribution in [2.75, 3.05) is 19.6 Å². The number of aliphatic carboxylic acids is 2. The van der Waals surface area contributed by atoms with E-state index in [9.17, 15) is 4.79 Å². The maximum atomic E-state index is 11.9. The summed E-state index contributed by atoms with van der Waals surface area (Å²) in [6.45, 7) is 4.76. The fourth-order valence-electron chi connectivity index (χ4n) is 1.91. The molecular weight excluding hydrogens is 304 g/mol. The van der Waals surface area contributed by atoms with Crippen molar-refractivity contribution >= 4 is 18.0 Å². The SMILES string of the molecule is C[C@@H]1CNCCN1C(=O)OCc1ccccc1.O=C(O)C(=O)O. The lowest BCUT2D eigenvalue weighted by atomic mass is 10.2. The van der Waals surface area contributed by atoms with Gasteiger partial charge in [0.2, 0.25) is 0 Å². The minimum atomic E-state index is -1.82. The van der Waals surface area contributed by atoms with Crippen LogP contribution in [0, 0.1) is 0 Å². The number of benzene rings is 1. The number of hydrogen-bond acceptors (Lipinski definition) is 5. The number of carbonyl (C=O) groups is 3. The Hall–Kier alpha value is -2.61. The summed E-state index contributed by atoms with van der Waals surface area (Å²) in [4.78, 5) is 31.8. The molecule has 1 fully saturated rings. The van der Waals surface area contributed by atoms with Gasteiger partial charge in [-0.25, -0.2) is 14.4 Å². The molecule has 0 bridgehead atoms. The second-order valence-corrected chi connectivity index (χ2v) is 4.90. The predicted octanol–water partition coefficient (Wildman–Crippen LogP) is 0.772. The molecule has 2 rings (SSSR count). The summed E-state index contributed by atoms with van der Waals surface area (Å²) >= 11 is 0. The van der Waals surface area contributed by atoms with E-state index in [4.69, 9.17) is 24.5 Å². The summed E-state index contributed by atoms with van der Waals surface area (Å²) in [6, 6.07) is 9.94. The highest BCUT2D eigenvalue weighted by Gasteiger charge is 2.23. The molecule has 126 valence electrons. The van der Waals surface area contributed by atoms with Gasteiger partial charge in [-0.15, -0.1) is 0 Å². The maximum Gasteiger partial charge on any atom is 0.414 e.